The average molecular weight is 373 g/mol. The van der Waals surface area contributed by atoms with E-state index in [9.17, 15) is 9.90 Å². The van der Waals surface area contributed by atoms with Crippen molar-refractivity contribution in [2.45, 2.75) is 26.7 Å². The Balaban J connectivity index is 0.000000646. The Bertz CT molecular complexity index is 665. The van der Waals surface area contributed by atoms with E-state index in [4.69, 9.17) is 0 Å². The van der Waals surface area contributed by atoms with Crippen LogP contribution in [0, 0.1) is 0 Å². The van der Waals surface area contributed by atoms with Gasteiger partial charge in [-0.3, -0.25) is 9.79 Å². The van der Waals surface area contributed by atoms with Crippen molar-refractivity contribution in [2.75, 3.05) is 38.6 Å². The molecule has 1 aromatic carbocycles. The van der Waals surface area contributed by atoms with Crippen LogP contribution in [0.15, 0.2) is 53.3 Å². The van der Waals surface area contributed by atoms with E-state index in [1.54, 1.807) is 48.6 Å². The summed E-state index contributed by atoms with van der Waals surface area (Å²) in [5.74, 6) is 0.157. The van der Waals surface area contributed by atoms with Gasteiger partial charge in [0.05, 0.1) is 5.57 Å². The highest BCUT2D eigenvalue weighted by atomic mass is 16.3. The second-order valence-corrected chi connectivity index (χ2v) is 6.15. The van der Waals surface area contributed by atoms with Gasteiger partial charge >= 0.3 is 0 Å². The van der Waals surface area contributed by atoms with Crippen molar-refractivity contribution in [3.63, 3.8) is 0 Å². The number of hydrogen-bond donors (Lipinski definition) is 2. The monoisotopic (exact) mass is 372 g/mol. The Morgan fingerprint density at radius 1 is 1.26 bits per heavy atom. The summed E-state index contributed by atoms with van der Waals surface area (Å²) in [6.45, 7) is 9.92. The molecular weight excluding hydrogens is 340 g/mol. The lowest BCUT2D eigenvalue weighted by atomic mass is 10.1. The Morgan fingerprint density at radius 3 is 2.41 bits per heavy atom. The fourth-order valence-electron chi connectivity index (χ4n) is 2.81. The molecule has 2 rings (SSSR count). The number of carbonyl (C=O) groups is 1. The van der Waals surface area contributed by atoms with Crippen LogP contribution >= 0.6 is 0 Å². The molecule has 1 heterocycles. The molecule has 0 fully saturated rings. The predicted molar refractivity (Wildman–Crippen MR) is 113 cm³/mol. The molecule has 1 aliphatic heterocycles. The van der Waals surface area contributed by atoms with Gasteiger partial charge in [-0.05, 0) is 43.8 Å². The molecular formula is C21H32N4O2. The molecule has 6 nitrogen and oxygen atoms in total. The van der Waals surface area contributed by atoms with Crippen molar-refractivity contribution < 1.29 is 9.90 Å². The number of nitrogens with one attached hydrogen (secondary N) is 1. The van der Waals surface area contributed by atoms with Gasteiger partial charge in [0.2, 0.25) is 0 Å². The first-order chi connectivity index (χ1) is 13.0. The van der Waals surface area contributed by atoms with Gasteiger partial charge in [0.15, 0.2) is 0 Å². The van der Waals surface area contributed by atoms with Gasteiger partial charge < -0.3 is 20.2 Å². The van der Waals surface area contributed by atoms with Crippen LogP contribution in [0.3, 0.4) is 0 Å². The third-order valence-electron chi connectivity index (χ3n) is 4.16. The highest BCUT2D eigenvalue weighted by molar-refractivity contribution is 6.19. The van der Waals surface area contributed by atoms with Crippen molar-refractivity contribution >= 4 is 17.8 Å². The Kier molecular flexibility index (Phi) is 9.72. The van der Waals surface area contributed by atoms with Gasteiger partial charge in [-0.15, -0.1) is 0 Å². The first-order valence-corrected chi connectivity index (χ1v) is 9.31. The smallest absolute Gasteiger partial charge is 0.261 e. The van der Waals surface area contributed by atoms with E-state index in [1.807, 2.05) is 14.0 Å². The molecule has 0 radical (unpaired) electrons. The summed E-state index contributed by atoms with van der Waals surface area (Å²) >= 11 is 0. The van der Waals surface area contributed by atoms with Crippen molar-refractivity contribution in [2.24, 2.45) is 4.99 Å². The molecule has 0 aromatic heterocycles. The van der Waals surface area contributed by atoms with Gasteiger partial charge in [-0.2, -0.15) is 0 Å². The summed E-state index contributed by atoms with van der Waals surface area (Å²) in [6, 6.07) is 6.72. The number of aliphatic imine (C=N–C) groups is 1. The summed E-state index contributed by atoms with van der Waals surface area (Å²) < 4.78 is 0. The maximum Gasteiger partial charge on any atom is 0.261 e. The Labute approximate surface area is 162 Å². The second kappa shape index (κ2) is 11.8. The second-order valence-electron chi connectivity index (χ2n) is 6.15. The number of likely N-dealkylation sites (N-methyl/N-ethyl adjacent to an activating group) is 1. The maximum atomic E-state index is 12.9. The zero-order valence-corrected chi connectivity index (χ0v) is 16.9. The van der Waals surface area contributed by atoms with Gasteiger partial charge in [-0.1, -0.05) is 19.9 Å². The number of anilines is 1. The number of phenols is 1. The maximum absolute atomic E-state index is 12.9. The standard InChI is InChI=1S/C17H23N3O2.C4H9N/c1-4-5-16-15(12-18-2)17(22)20(11-10-19(16)3)13-6-8-14(21)9-7-13;1-3-5-4-2/h6-9,12,21H,4-5,10-11H2,1-3H3;3,5H,1,4H2,2H3. The number of carbonyl (C=O) groups excluding carboxylic acids is 1. The average Bonchev–Trinajstić information content (AvgIpc) is 2.77. The molecule has 1 amide bonds. The van der Waals surface area contributed by atoms with Crippen LogP contribution in [-0.2, 0) is 4.79 Å². The third-order valence-corrected chi connectivity index (χ3v) is 4.16. The molecule has 1 aromatic rings. The number of allylic oxidation sites excluding steroid dienone is 1. The number of benzene rings is 1. The van der Waals surface area contributed by atoms with Crippen molar-refractivity contribution in [3.8, 4) is 5.75 Å². The molecule has 1 aliphatic rings. The van der Waals surface area contributed by atoms with Crippen molar-refractivity contribution in [3.05, 3.63) is 48.3 Å². The zero-order chi connectivity index (χ0) is 20.2. The molecule has 0 aliphatic carbocycles. The van der Waals surface area contributed by atoms with Crippen LogP contribution in [0.5, 0.6) is 5.75 Å². The molecule has 6 heteroatoms. The summed E-state index contributed by atoms with van der Waals surface area (Å²) in [6.07, 6.45) is 5.17. The van der Waals surface area contributed by atoms with Crippen LogP contribution in [-0.4, -0.2) is 55.9 Å². The van der Waals surface area contributed by atoms with Gasteiger partial charge in [0.1, 0.15) is 5.75 Å². The van der Waals surface area contributed by atoms with Gasteiger partial charge in [-0.25, -0.2) is 0 Å². The minimum Gasteiger partial charge on any atom is -0.508 e. The molecule has 0 bridgehead atoms. The number of hydrogen-bond acceptors (Lipinski definition) is 5. The fourth-order valence-corrected chi connectivity index (χ4v) is 2.81. The summed E-state index contributed by atoms with van der Waals surface area (Å²) in [5, 5.41) is 12.3. The first-order valence-electron chi connectivity index (χ1n) is 9.31. The van der Waals surface area contributed by atoms with E-state index in [2.05, 4.69) is 28.7 Å². The predicted octanol–water partition coefficient (Wildman–Crippen LogP) is 3.16. The zero-order valence-electron chi connectivity index (χ0n) is 16.9. The molecule has 0 saturated heterocycles. The molecule has 0 unspecified atom stereocenters. The van der Waals surface area contributed by atoms with Crippen LogP contribution in [0.4, 0.5) is 5.69 Å². The summed E-state index contributed by atoms with van der Waals surface area (Å²) in [5.41, 5.74) is 2.48. The minimum atomic E-state index is -0.0379. The number of aromatic hydroxyl groups is 1. The van der Waals surface area contributed by atoms with E-state index in [0.717, 1.165) is 37.3 Å². The third kappa shape index (κ3) is 6.47. The lowest BCUT2D eigenvalue weighted by Gasteiger charge is -2.22. The molecule has 2 N–H and O–H groups in total. The van der Waals surface area contributed by atoms with Crippen molar-refractivity contribution in [1.82, 2.24) is 10.2 Å². The van der Waals surface area contributed by atoms with E-state index >= 15 is 0 Å². The fraction of sp³-hybridized carbons (Fsp3) is 0.429. The topological polar surface area (TPSA) is 68.2 Å². The number of amides is 1. The molecule has 148 valence electrons. The lowest BCUT2D eigenvalue weighted by Crippen LogP contribution is -2.34. The molecule has 27 heavy (non-hydrogen) atoms. The van der Waals surface area contributed by atoms with Crippen LogP contribution < -0.4 is 10.2 Å². The van der Waals surface area contributed by atoms with E-state index < -0.39 is 0 Å². The highest BCUT2D eigenvalue weighted by Gasteiger charge is 2.27. The van der Waals surface area contributed by atoms with E-state index in [-0.39, 0.29) is 11.7 Å². The van der Waals surface area contributed by atoms with E-state index in [0.29, 0.717) is 12.1 Å². The first kappa shape index (κ1) is 22.3. The van der Waals surface area contributed by atoms with Crippen LogP contribution in [0.25, 0.3) is 0 Å². The normalized spacial score (nSPS) is 14.7. The highest BCUT2D eigenvalue weighted by Crippen LogP contribution is 2.25. The molecule has 0 saturated carbocycles. The SMILES string of the molecule is C=CNCC.CCCC1=C(C=NC)C(=O)N(c2ccc(O)cc2)CCN1C. The minimum absolute atomic E-state index is 0.0379. The van der Waals surface area contributed by atoms with Crippen LogP contribution in [0.1, 0.15) is 26.7 Å². The van der Waals surface area contributed by atoms with Crippen LogP contribution in [0.2, 0.25) is 0 Å². The summed E-state index contributed by atoms with van der Waals surface area (Å²) in [7, 11) is 3.70. The van der Waals surface area contributed by atoms with Gasteiger partial charge in [0.25, 0.3) is 5.91 Å². The van der Waals surface area contributed by atoms with E-state index in [1.165, 1.54) is 0 Å². The van der Waals surface area contributed by atoms with Gasteiger partial charge in [0, 0.05) is 51.3 Å². The molecule has 0 spiro atoms. The number of nitrogens with zero attached hydrogens (tertiary/aromatic N) is 3. The Morgan fingerprint density at radius 2 is 1.93 bits per heavy atom. The van der Waals surface area contributed by atoms with Crippen molar-refractivity contribution in [1.29, 1.82) is 0 Å². The largest absolute Gasteiger partial charge is 0.508 e. The quantitative estimate of drug-likeness (QED) is 0.753. The Hall–Kier alpha value is -2.76. The number of phenolic OH excluding ortho intramolecular Hbond substituents is 1. The summed E-state index contributed by atoms with van der Waals surface area (Å²) in [4.78, 5) is 20.9. The molecule has 0 atom stereocenters. The lowest BCUT2D eigenvalue weighted by molar-refractivity contribution is -0.114. The number of rotatable bonds is 6.